The van der Waals surface area contributed by atoms with E-state index < -0.39 is 0 Å². The predicted octanol–water partition coefficient (Wildman–Crippen LogP) is 3.87. The van der Waals surface area contributed by atoms with E-state index in [2.05, 4.69) is 10.3 Å². The number of benzene rings is 1. The Labute approximate surface area is 129 Å². The van der Waals surface area contributed by atoms with Crippen molar-refractivity contribution in [3.8, 4) is 5.75 Å². The summed E-state index contributed by atoms with van der Waals surface area (Å²) in [6.45, 7) is 5.48. The van der Waals surface area contributed by atoms with Crippen molar-refractivity contribution in [2.45, 2.75) is 27.0 Å². The van der Waals surface area contributed by atoms with E-state index in [1.807, 2.05) is 26.0 Å². The molecule has 0 saturated carbocycles. The highest BCUT2D eigenvalue weighted by Gasteiger charge is 2.10. The lowest BCUT2D eigenvalue weighted by Gasteiger charge is -2.13. The van der Waals surface area contributed by atoms with Gasteiger partial charge in [-0.1, -0.05) is 24.6 Å². The van der Waals surface area contributed by atoms with E-state index in [1.165, 1.54) is 6.07 Å². The highest BCUT2D eigenvalue weighted by Crippen LogP contribution is 2.23. The third-order valence-corrected chi connectivity index (χ3v) is 3.40. The Bertz CT molecular complexity index is 599. The van der Waals surface area contributed by atoms with Gasteiger partial charge in [0.15, 0.2) is 0 Å². The molecule has 1 aromatic heterocycles. The molecule has 0 bridgehead atoms. The quantitative estimate of drug-likeness (QED) is 0.879. The van der Waals surface area contributed by atoms with Gasteiger partial charge in [0, 0.05) is 17.8 Å². The summed E-state index contributed by atoms with van der Waals surface area (Å²) in [4.78, 5) is 4.45. The van der Waals surface area contributed by atoms with Gasteiger partial charge < -0.3 is 10.1 Å². The largest absolute Gasteiger partial charge is 0.487 e. The molecule has 1 heterocycles. The smallest absolute Gasteiger partial charge is 0.142 e. The van der Waals surface area contributed by atoms with Crippen LogP contribution in [0.4, 0.5) is 4.39 Å². The Morgan fingerprint density at radius 2 is 2.10 bits per heavy atom. The Balaban J connectivity index is 2.16. The lowest BCUT2D eigenvalue weighted by molar-refractivity contribution is 0.294. The Hall–Kier alpha value is -1.65. The van der Waals surface area contributed by atoms with E-state index in [1.54, 1.807) is 12.1 Å². The molecule has 0 aliphatic carbocycles. The molecule has 0 radical (unpaired) electrons. The Kier molecular flexibility index (Phi) is 5.53. The summed E-state index contributed by atoms with van der Waals surface area (Å²) >= 11 is 6.00. The fourth-order valence-corrected chi connectivity index (χ4v) is 2.14. The summed E-state index contributed by atoms with van der Waals surface area (Å²) in [5.74, 6) is 0.275. The highest BCUT2D eigenvalue weighted by atomic mass is 35.5. The van der Waals surface area contributed by atoms with Crippen LogP contribution in [-0.2, 0) is 13.2 Å². The molecule has 5 heteroatoms. The zero-order valence-electron chi connectivity index (χ0n) is 12.1. The first-order valence-corrected chi connectivity index (χ1v) is 7.22. The molecule has 112 valence electrons. The number of hydrogen-bond donors (Lipinski definition) is 1. The normalized spacial score (nSPS) is 10.7. The van der Waals surface area contributed by atoms with E-state index in [0.29, 0.717) is 22.9 Å². The maximum absolute atomic E-state index is 13.7. The Morgan fingerprint density at radius 1 is 1.29 bits per heavy atom. The Morgan fingerprint density at radius 3 is 2.81 bits per heavy atom. The summed E-state index contributed by atoms with van der Waals surface area (Å²) in [5.41, 5.74) is 2.08. The molecule has 1 N–H and O–H groups in total. The van der Waals surface area contributed by atoms with Crippen LogP contribution in [0.2, 0.25) is 5.02 Å². The van der Waals surface area contributed by atoms with E-state index in [4.69, 9.17) is 16.3 Å². The molecule has 2 rings (SSSR count). The zero-order chi connectivity index (χ0) is 15.2. The van der Waals surface area contributed by atoms with Gasteiger partial charge >= 0.3 is 0 Å². The zero-order valence-corrected chi connectivity index (χ0v) is 12.9. The first kappa shape index (κ1) is 15.7. The first-order chi connectivity index (χ1) is 10.1. The lowest BCUT2D eigenvalue weighted by Crippen LogP contribution is -2.14. The van der Waals surface area contributed by atoms with Gasteiger partial charge in [-0.3, -0.25) is 4.98 Å². The molecule has 0 aliphatic heterocycles. The van der Waals surface area contributed by atoms with Crippen LogP contribution >= 0.6 is 11.6 Å². The van der Waals surface area contributed by atoms with Crippen LogP contribution in [0.25, 0.3) is 0 Å². The molecule has 0 atom stereocenters. The summed E-state index contributed by atoms with van der Waals surface area (Å²) in [5, 5.41) is 3.57. The maximum atomic E-state index is 13.7. The van der Waals surface area contributed by atoms with Crippen LogP contribution in [-0.4, -0.2) is 11.5 Å². The molecular weight excluding hydrogens is 291 g/mol. The number of aromatic nitrogens is 1. The fraction of sp³-hybridized carbons (Fsp3) is 0.312. The number of nitrogens with zero attached hydrogens (tertiary/aromatic N) is 1. The average Bonchev–Trinajstić information content (AvgIpc) is 2.46. The van der Waals surface area contributed by atoms with Gasteiger partial charge in [-0.2, -0.15) is 0 Å². The van der Waals surface area contributed by atoms with Crippen molar-refractivity contribution in [3.63, 3.8) is 0 Å². The van der Waals surface area contributed by atoms with E-state index >= 15 is 0 Å². The molecule has 0 amide bonds. The number of nitrogens with one attached hydrogen (secondary N) is 1. The number of pyridine rings is 1. The molecule has 0 spiro atoms. The van der Waals surface area contributed by atoms with Crippen molar-refractivity contribution in [3.05, 3.63) is 58.1 Å². The van der Waals surface area contributed by atoms with Gasteiger partial charge in [-0.15, -0.1) is 0 Å². The van der Waals surface area contributed by atoms with E-state index in [9.17, 15) is 4.39 Å². The van der Waals surface area contributed by atoms with E-state index in [-0.39, 0.29) is 12.4 Å². The van der Waals surface area contributed by atoms with Gasteiger partial charge in [0.05, 0.1) is 10.7 Å². The number of rotatable bonds is 6. The minimum atomic E-state index is -0.365. The predicted molar refractivity (Wildman–Crippen MR) is 82.1 cm³/mol. The number of ether oxygens (including phenoxy) is 1. The van der Waals surface area contributed by atoms with Crippen LogP contribution in [0.3, 0.4) is 0 Å². The standard InChI is InChI=1S/C16H18ClFN2O/c1-3-19-9-15-16(8-7-11(2)20-15)21-10-12-13(17)5-4-6-14(12)18/h4-8,19H,3,9-10H2,1-2H3. The summed E-state index contributed by atoms with van der Waals surface area (Å²) in [7, 11) is 0. The highest BCUT2D eigenvalue weighted by molar-refractivity contribution is 6.31. The molecule has 0 saturated heterocycles. The van der Waals surface area contributed by atoms with Crippen molar-refractivity contribution in [2.75, 3.05) is 6.54 Å². The minimum absolute atomic E-state index is 0.0787. The van der Waals surface area contributed by atoms with Crippen LogP contribution in [0.1, 0.15) is 23.9 Å². The van der Waals surface area contributed by atoms with Crippen molar-refractivity contribution >= 4 is 11.6 Å². The maximum Gasteiger partial charge on any atom is 0.142 e. The summed E-state index contributed by atoms with van der Waals surface area (Å²) in [6, 6.07) is 8.32. The number of hydrogen-bond acceptors (Lipinski definition) is 3. The second-order valence-corrected chi connectivity index (χ2v) is 5.07. The number of halogens is 2. The fourth-order valence-electron chi connectivity index (χ4n) is 1.92. The third-order valence-electron chi connectivity index (χ3n) is 3.05. The van der Waals surface area contributed by atoms with Crippen LogP contribution < -0.4 is 10.1 Å². The summed E-state index contributed by atoms with van der Waals surface area (Å²) < 4.78 is 19.4. The molecule has 2 aromatic rings. The second kappa shape index (κ2) is 7.38. The molecule has 0 aliphatic rings. The van der Waals surface area contributed by atoms with E-state index in [0.717, 1.165) is 17.9 Å². The van der Waals surface area contributed by atoms with Gasteiger partial charge in [0.1, 0.15) is 18.2 Å². The van der Waals surface area contributed by atoms with Gasteiger partial charge in [-0.05, 0) is 37.7 Å². The topological polar surface area (TPSA) is 34.2 Å². The second-order valence-electron chi connectivity index (χ2n) is 4.67. The van der Waals surface area contributed by atoms with Crippen LogP contribution in [0.5, 0.6) is 5.75 Å². The van der Waals surface area contributed by atoms with Gasteiger partial charge in [0.2, 0.25) is 0 Å². The third kappa shape index (κ3) is 4.16. The van der Waals surface area contributed by atoms with Crippen LogP contribution in [0, 0.1) is 12.7 Å². The summed E-state index contributed by atoms with van der Waals surface area (Å²) in [6.07, 6.45) is 0. The monoisotopic (exact) mass is 308 g/mol. The molecular formula is C16H18ClFN2O. The van der Waals surface area contributed by atoms with Crippen molar-refractivity contribution in [2.24, 2.45) is 0 Å². The average molecular weight is 309 g/mol. The SMILES string of the molecule is CCNCc1nc(C)ccc1OCc1c(F)cccc1Cl. The molecule has 3 nitrogen and oxygen atoms in total. The van der Waals surface area contributed by atoms with Crippen LogP contribution in [0.15, 0.2) is 30.3 Å². The number of aryl methyl sites for hydroxylation is 1. The molecule has 0 unspecified atom stereocenters. The van der Waals surface area contributed by atoms with Gasteiger partial charge in [-0.25, -0.2) is 4.39 Å². The van der Waals surface area contributed by atoms with Gasteiger partial charge in [0.25, 0.3) is 0 Å². The van der Waals surface area contributed by atoms with Crippen molar-refractivity contribution < 1.29 is 9.13 Å². The molecule has 0 fully saturated rings. The molecule has 21 heavy (non-hydrogen) atoms. The van der Waals surface area contributed by atoms with Crippen molar-refractivity contribution in [1.29, 1.82) is 0 Å². The first-order valence-electron chi connectivity index (χ1n) is 6.84. The molecule has 1 aromatic carbocycles. The van der Waals surface area contributed by atoms with Crippen molar-refractivity contribution in [1.82, 2.24) is 10.3 Å². The minimum Gasteiger partial charge on any atom is -0.487 e. The lowest BCUT2D eigenvalue weighted by atomic mass is 10.2.